The highest BCUT2D eigenvalue weighted by Gasteiger charge is 2.50. The molecule has 0 N–H and O–H groups in total. The van der Waals surface area contributed by atoms with Crippen LogP contribution >= 0.6 is 0 Å². The molecule has 0 amide bonds. The van der Waals surface area contributed by atoms with E-state index in [1.165, 1.54) is 4.31 Å². The standard InChI is InChI=1S/C22H29NO6S/c1-4-28-21(24)13-12-19-18(22(25)29-5-2)14-20(16-8-9-16)23(19)30(26,27)17-10-6-15(3)7-11-17/h6-7,10-11,14,16,19-20H,4-5,8-9,12-13H2,1-3H3/t19-,20-/m0/s1. The van der Waals surface area contributed by atoms with Crippen molar-refractivity contribution in [3.05, 3.63) is 41.5 Å². The smallest absolute Gasteiger partial charge is 0.335 e. The predicted molar refractivity (Wildman–Crippen MR) is 111 cm³/mol. The minimum absolute atomic E-state index is 0.0204. The van der Waals surface area contributed by atoms with Gasteiger partial charge in [0.25, 0.3) is 0 Å². The summed E-state index contributed by atoms with van der Waals surface area (Å²) in [6.45, 7) is 5.76. The molecular formula is C22H29NO6S. The molecule has 1 heterocycles. The molecule has 3 rings (SSSR count). The van der Waals surface area contributed by atoms with Crippen molar-refractivity contribution in [1.82, 2.24) is 4.31 Å². The second-order valence-electron chi connectivity index (χ2n) is 7.68. The van der Waals surface area contributed by atoms with Gasteiger partial charge in [0.05, 0.1) is 29.7 Å². The van der Waals surface area contributed by atoms with Crippen LogP contribution in [0.25, 0.3) is 0 Å². The lowest BCUT2D eigenvalue weighted by atomic mass is 10.0. The summed E-state index contributed by atoms with van der Waals surface area (Å²) in [5.41, 5.74) is 1.27. The molecule has 2 atom stereocenters. The van der Waals surface area contributed by atoms with Gasteiger partial charge in [0, 0.05) is 12.5 Å². The van der Waals surface area contributed by atoms with E-state index in [0.29, 0.717) is 5.57 Å². The van der Waals surface area contributed by atoms with Gasteiger partial charge in [-0.2, -0.15) is 4.31 Å². The number of ether oxygens (including phenoxy) is 2. The van der Waals surface area contributed by atoms with Crippen LogP contribution < -0.4 is 0 Å². The fraction of sp³-hybridized carbons (Fsp3) is 0.545. The Hall–Kier alpha value is -2.19. The Kier molecular flexibility index (Phi) is 6.98. The molecule has 0 unspecified atom stereocenters. The highest BCUT2D eigenvalue weighted by atomic mass is 32.2. The summed E-state index contributed by atoms with van der Waals surface area (Å²) in [6.07, 6.45) is 3.73. The molecule has 0 bridgehead atoms. The Balaban J connectivity index is 1.98. The van der Waals surface area contributed by atoms with E-state index in [1.54, 1.807) is 44.2 Å². The van der Waals surface area contributed by atoms with Crippen LogP contribution in [0.1, 0.15) is 45.1 Å². The van der Waals surface area contributed by atoms with E-state index in [9.17, 15) is 18.0 Å². The molecule has 7 nitrogen and oxygen atoms in total. The van der Waals surface area contributed by atoms with Gasteiger partial charge in [-0.3, -0.25) is 4.79 Å². The molecule has 1 saturated carbocycles. The summed E-state index contributed by atoms with van der Waals surface area (Å²) in [7, 11) is -3.88. The van der Waals surface area contributed by atoms with Crippen LogP contribution in [0.4, 0.5) is 0 Å². The Morgan fingerprint density at radius 2 is 1.70 bits per heavy atom. The topological polar surface area (TPSA) is 90.0 Å². The first kappa shape index (κ1) is 22.5. The van der Waals surface area contributed by atoms with Crippen LogP contribution in [0, 0.1) is 12.8 Å². The maximum Gasteiger partial charge on any atom is 0.335 e. The largest absolute Gasteiger partial charge is 0.466 e. The van der Waals surface area contributed by atoms with Gasteiger partial charge in [0.15, 0.2) is 0 Å². The first-order valence-corrected chi connectivity index (χ1v) is 11.9. The third-order valence-electron chi connectivity index (χ3n) is 5.45. The molecule has 0 aromatic heterocycles. The molecule has 8 heteroatoms. The van der Waals surface area contributed by atoms with Crippen molar-refractivity contribution in [2.75, 3.05) is 13.2 Å². The molecule has 0 spiro atoms. The summed E-state index contributed by atoms with van der Waals surface area (Å²) < 4.78 is 38.9. The first-order valence-electron chi connectivity index (χ1n) is 10.4. The lowest BCUT2D eigenvalue weighted by molar-refractivity contribution is -0.144. The van der Waals surface area contributed by atoms with Gasteiger partial charge in [-0.1, -0.05) is 23.8 Å². The number of hydrogen-bond donors (Lipinski definition) is 0. The van der Waals surface area contributed by atoms with Crippen LogP contribution in [0.15, 0.2) is 40.8 Å². The van der Waals surface area contributed by atoms with Crippen molar-refractivity contribution in [3.63, 3.8) is 0 Å². The van der Waals surface area contributed by atoms with Gasteiger partial charge in [-0.25, -0.2) is 13.2 Å². The zero-order valence-electron chi connectivity index (χ0n) is 17.7. The number of hydrogen-bond acceptors (Lipinski definition) is 6. The highest BCUT2D eigenvalue weighted by molar-refractivity contribution is 7.89. The number of carbonyl (C=O) groups is 2. The van der Waals surface area contributed by atoms with Crippen molar-refractivity contribution in [3.8, 4) is 0 Å². The fourth-order valence-corrected chi connectivity index (χ4v) is 5.67. The number of nitrogens with zero attached hydrogens (tertiary/aromatic N) is 1. The van der Waals surface area contributed by atoms with Crippen molar-refractivity contribution >= 4 is 22.0 Å². The van der Waals surface area contributed by atoms with E-state index in [4.69, 9.17) is 9.47 Å². The van der Waals surface area contributed by atoms with E-state index in [2.05, 4.69) is 0 Å². The molecule has 164 valence electrons. The second kappa shape index (κ2) is 9.31. The van der Waals surface area contributed by atoms with Gasteiger partial charge < -0.3 is 9.47 Å². The summed E-state index contributed by atoms with van der Waals surface area (Å²) >= 11 is 0. The molecule has 1 fully saturated rings. The van der Waals surface area contributed by atoms with E-state index in [-0.39, 0.29) is 36.9 Å². The van der Waals surface area contributed by atoms with Gasteiger partial charge in [-0.05, 0) is 58.1 Å². The third-order valence-corrected chi connectivity index (χ3v) is 7.37. The van der Waals surface area contributed by atoms with Crippen LogP contribution in [-0.4, -0.2) is 50.0 Å². The van der Waals surface area contributed by atoms with Crippen molar-refractivity contribution in [2.45, 2.75) is 63.4 Å². The first-order chi connectivity index (χ1) is 14.3. The quantitative estimate of drug-likeness (QED) is 0.554. The van der Waals surface area contributed by atoms with Gasteiger partial charge in [0.1, 0.15) is 0 Å². The summed E-state index contributed by atoms with van der Waals surface area (Å²) in [5, 5.41) is 0. The minimum Gasteiger partial charge on any atom is -0.466 e. The van der Waals surface area contributed by atoms with Gasteiger partial charge in [-0.15, -0.1) is 0 Å². The Morgan fingerprint density at radius 1 is 1.07 bits per heavy atom. The lowest BCUT2D eigenvalue weighted by Gasteiger charge is -2.30. The van der Waals surface area contributed by atoms with Crippen LogP contribution in [0.5, 0.6) is 0 Å². The zero-order chi connectivity index (χ0) is 21.9. The average Bonchev–Trinajstić information content (AvgIpc) is 3.47. The molecule has 30 heavy (non-hydrogen) atoms. The molecule has 1 aromatic carbocycles. The summed E-state index contributed by atoms with van der Waals surface area (Å²) in [4.78, 5) is 24.8. The molecule has 2 aliphatic rings. The predicted octanol–water partition coefficient (Wildman–Crippen LogP) is 2.98. The number of aryl methyl sites for hydroxylation is 1. The van der Waals surface area contributed by atoms with Gasteiger partial charge in [0.2, 0.25) is 10.0 Å². The normalized spacial score (nSPS) is 21.9. The molecule has 1 aliphatic heterocycles. The van der Waals surface area contributed by atoms with Crippen LogP contribution in [0.3, 0.4) is 0 Å². The molecule has 1 aliphatic carbocycles. The number of carbonyl (C=O) groups excluding carboxylic acids is 2. The summed E-state index contributed by atoms with van der Waals surface area (Å²) in [5.74, 6) is -0.774. The van der Waals surface area contributed by atoms with Crippen LogP contribution in [-0.2, 0) is 29.1 Å². The average molecular weight is 436 g/mol. The van der Waals surface area contributed by atoms with E-state index >= 15 is 0 Å². The fourth-order valence-electron chi connectivity index (χ4n) is 3.84. The Labute approximate surface area is 178 Å². The maximum absolute atomic E-state index is 13.6. The molecule has 1 aromatic rings. The Bertz CT molecular complexity index is 917. The van der Waals surface area contributed by atoms with E-state index in [1.807, 2.05) is 6.92 Å². The number of rotatable bonds is 9. The molecule has 0 radical (unpaired) electrons. The lowest BCUT2D eigenvalue weighted by Crippen LogP contribution is -2.44. The maximum atomic E-state index is 13.6. The molecular weight excluding hydrogens is 406 g/mol. The SMILES string of the molecule is CCOC(=O)CC[C@H]1C(C(=O)OCC)=C[C@@H](C2CC2)N1S(=O)(=O)c1ccc(C)cc1. The Morgan fingerprint density at radius 3 is 2.27 bits per heavy atom. The summed E-state index contributed by atoms with van der Waals surface area (Å²) in [6, 6.07) is 5.50. The minimum atomic E-state index is -3.88. The monoisotopic (exact) mass is 435 g/mol. The van der Waals surface area contributed by atoms with E-state index < -0.39 is 34.0 Å². The van der Waals surface area contributed by atoms with Gasteiger partial charge >= 0.3 is 11.9 Å². The van der Waals surface area contributed by atoms with Crippen molar-refractivity contribution < 1.29 is 27.5 Å². The highest BCUT2D eigenvalue weighted by Crippen LogP contribution is 2.44. The number of benzene rings is 1. The van der Waals surface area contributed by atoms with Crippen molar-refractivity contribution in [2.24, 2.45) is 5.92 Å². The zero-order valence-corrected chi connectivity index (χ0v) is 18.5. The third kappa shape index (κ3) is 4.75. The molecule has 0 saturated heterocycles. The van der Waals surface area contributed by atoms with Crippen LogP contribution in [0.2, 0.25) is 0 Å². The number of esters is 2. The number of sulfonamides is 1. The van der Waals surface area contributed by atoms with Crippen molar-refractivity contribution in [1.29, 1.82) is 0 Å². The van der Waals surface area contributed by atoms with E-state index in [0.717, 1.165) is 18.4 Å². The second-order valence-corrected chi connectivity index (χ2v) is 9.52.